The molecule has 1 aliphatic carbocycles. The molecule has 0 bridgehead atoms. The van der Waals surface area contributed by atoms with E-state index in [0.29, 0.717) is 13.0 Å². The first-order chi connectivity index (χ1) is 12.1. The Bertz CT molecular complexity index is 639. The number of rotatable bonds is 3. The van der Waals surface area contributed by atoms with E-state index in [2.05, 4.69) is 10.2 Å². The van der Waals surface area contributed by atoms with Gasteiger partial charge in [0, 0.05) is 24.9 Å². The number of carbonyl (C=O) groups is 1. The first kappa shape index (κ1) is 19.6. The van der Waals surface area contributed by atoms with Crippen molar-refractivity contribution in [3.05, 3.63) is 35.6 Å². The van der Waals surface area contributed by atoms with Crippen LogP contribution in [0.5, 0.6) is 0 Å². The minimum Gasteiger partial charge on any atom is -0.341 e. The van der Waals surface area contributed by atoms with Gasteiger partial charge < -0.3 is 10.2 Å². The van der Waals surface area contributed by atoms with Crippen molar-refractivity contribution in [2.45, 2.75) is 56.8 Å². The third-order valence-electron chi connectivity index (χ3n) is 6.91. The Morgan fingerprint density at radius 3 is 2.42 bits per heavy atom. The molecule has 26 heavy (non-hydrogen) atoms. The van der Waals surface area contributed by atoms with Crippen molar-refractivity contribution in [1.29, 1.82) is 0 Å². The van der Waals surface area contributed by atoms with Crippen molar-refractivity contribution in [1.82, 2.24) is 10.2 Å². The molecular formula is C21H30ClFN2O. The van der Waals surface area contributed by atoms with Crippen molar-refractivity contribution in [3.63, 3.8) is 0 Å². The van der Waals surface area contributed by atoms with Crippen molar-refractivity contribution in [2.75, 3.05) is 26.2 Å². The van der Waals surface area contributed by atoms with Crippen LogP contribution >= 0.6 is 12.4 Å². The summed E-state index contributed by atoms with van der Waals surface area (Å²) in [6.07, 6.45) is 8.24. The van der Waals surface area contributed by atoms with Crippen LogP contribution in [0.15, 0.2) is 24.3 Å². The topological polar surface area (TPSA) is 32.3 Å². The van der Waals surface area contributed by atoms with E-state index < -0.39 is 0 Å². The standard InChI is InChI=1S/C21H29FN2O.ClH/c22-18-6-2-1-5-17(18)21(8-3-4-9-21)16-24-15-20(10-7-19(24)25)11-13-23-14-12-20;/h1-2,5-6,23H,3-4,7-16H2;1H. The van der Waals surface area contributed by atoms with Gasteiger partial charge >= 0.3 is 0 Å². The van der Waals surface area contributed by atoms with Crippen molar-refractivity contribution >= 4 is 18.3 Å². The van der Waals surface area contributed by atoms with E-state index in [4.69, 9.17) is 0 Å². The van der Waals surface area contributed by atoms with Crippen LogP contribution in [-0.4, -0.2) is 37.0 Å². The van der Waals surface area contributed by atoms with Crippen LogP contribution in [0.4, 0.5) is 4.39 Å². The normalized spacial score (nSPS) is 24.5. The minimum absolute atomic E-state index is 0. The average molecular weight is 381 g/mol. The van der Waals surface area contributed by atoms with Crippen molar-refractivity contribution in [3.8, 4) is 0 Å². The third kappa shape index (κ3) is 3.63. The van der Waals surface area contributed by atoms with Gasteiger partial charge in [0.1, 0.15) is 5.82 Å². The van der Waals surface area contributed by atoms with E-state index in [1.165, 1.54) is 0 Å². The first-order valence-corrected chi connectivity index (χ1v) is 9.86. The lowest BCUT2D eigenvalue weighted by atomic mass is 9.71. The van der Waals surface area contributed by atoms with Gasteiger partial charge in [-0.2, -0.15) is 0 Å². The van der Waals surface area contributed by atoms with Crippen LogP contribution in [0.25, 0.3) is 0 Å². The predicted molar refractivity (Wildman–Crippen MR) is 104 cm³/mol. The summed E-state index contributed by atoms with van der Waals surface area (Å²) in [5.41, 5.74) is 0.922. The van der Waals surface area contributed by atoms with Gasteiger partial charge in [-0.3, -0.25) is 4.79 Å². The summed E-state index contributed by atoms with van der Waals surface area (Å²) >= 11 is 0. The number of benzene rings is 1. The van der Waals surface area contributed by atoms with Crippen LogP contribution in [0.1, 0.15) is 56.9 Å². The quantitative estimate of drug-likeness (QED) is 0.857. The van der Waals surface area contributed by atoms with E-state index in [1.807, 2.05) is 12.1 Å². The summed E-state index contributed by atoms with van der Waals surface area (Å²) < 4.78 is 14.6. The second-order valence-corrected chi connectivity index (χ2v) is 8.47. The molecule has 0 radical (unpaired) electrons. The van der Waals surface area contributed by atoms with Crippen LogP contribution in [0.2, 0.25) is 0 Å². The SMILES string of the molecule is Cl.O=C1CCC2(CCNCC2)CN1CC1(c2ccccc2F)CCCC1. The second kappa shape index (κ2) is 7.85. The van der Waals surface area contributed by atoms with E-state index >= 15 is 0 Å². The highest BCUT2D eigenvalue weighted by Crippen LogP contribution is 2.45. The maximum atomic E-state index is 14.6. The number of nitrogens with zero attached hydrogens (tertiary/aromatic N) is 1. The molecular weight excluding hydrogens is 351 g/mol. The highest BCUT2D eigenvalue weighted by molar-refractivity contribution is 5.85. The van der Waals surface area contributed by atoms with Gasteiger partial charge in [-0.15, -0.1) is 12.4 Å². The van der Waals surface area contributed by atoms with E-state index in [0.717, 1.165) is 70.1 Å². The Kier molecular flexibility index (Phi) is 5.93. The molecule has 4 rings (SSSR count). The van der Waals surface area contributed by atoms with Crippen LogP contribution in [-0.2, 0) is 10.2 Å². The van der Waals surface area contributed by atoms with Gasteiger partial charge in [-0.1, -0.05) is 31.0 Å². The van der Waals surface area contributed by atoms with Gasteiger partial charge in [0.2, 0.25) is 5.91 Å². The molecule has 2 saturated heterocycles. The lowest BCUT2D eigenvalue weighted by Gasteiger charge is -2.47. The van der Waals surface area contributed by atoms with Crippen LogP contribution < -0.4 is 5.32 Å². The van der Waals surface area contributed by atoms with Gasteiger partial charge in [0.15, 0.2) is 0 Å². The molecule has 0 aromatic heterocycles. The zero-order chi connectivity index (χ0) is 17.3. The Hall–Kier alpha value is -1.13. The molecule has 0 unspecified atom stereocenters. The summed E-state index contributed by atoms with van der Waals surface area (Å²) in [4.78, 5) is 14.8. The average Bonchev–Trinajstić information content (AvgIpc) is 3.09. The summed E-state index contributed by atoms with van der Waals surface area (Å²) in [6.45, 7) is 3.67. The molecule has 0 atom stereocenters. The zero-order valence-corrected chi connectivity index (χ0v) is 16.3. The number of hydrogen-bond acceptors (Lipinski definition) is 2. The summed E-state index contributed by atoms with van der Waals surface area (Å²) in [6, 6.07) is 7.21. The van der Waals surface area contributed by atoms with E-state index in [9.17, 15) is 9.18 Å². The Balaban J connectivity index is 0.00000196. The number of halogens is 2. The van der Waals surface area contributed by atoms with Gasteiger partial charge in [0.05, 0.1) is 0 Å². The number of likely N-dealkylation sites (tertiary alicyclic amines) is 1. The Morgan fingerprint density at radius 1 is 1.04 bits per heavy atom. The molecule has 1 spiro atoms. The van der Waals surface area contributed by atoms with Gasteiger partial charge in [0.25, 0.3) is 0 Å². The molecule has 3 fully saturated rings. The monoisotopic (exact) mass is 380 g/mol. The lowest BCUT2D eigenvalue weighted by molar-refractivity contribution is -0.139. The van der Waals surface area contributed by atoms with Crippen molar-refractivity contribution in [2.24, 2.45) is 5.41 Å². The molecule has 1 amide bonds. The Morgan fingerprint density at radius 2 is 1.73 bits per heavy atom. The second-order valence-electron chi connectivity index (χ2n) is 8.47. The number of piperidine rings is 2. The fourth-order valence-electron chi connectivity index (χ4n) is 5.43. The molecule has 3 aliphatic rings. The largest absolute Gasteiger partial charge is 0.341 e. The van der Waals surface area contributed by atoms with Crippen molar-refractivity contribution < 1.29 is 9.18 Å². The van der Waals surface area contributed by atoms with Gasteiger partial charge in [-0.05, 0) is 62.2 Å². The van der Waals surface area contributed by atoms with Gasteiger partial charge in [-0.25, -0.2) is 4.39 Å². The van der Waals surface area contributed by atoms with E-state index in [1.54, 1.807) is 12.1 Å². The molecule has 2 aliphatic heterocycles. The fraction of sp³-hybridized carbons (Fsp3) is 0.667. The summed E-state index contributed by atoms with van der Waals surface area (Å²) in [7, 11) is 0. The number of hydrogen-bond donors (Lipinski definition) is 1. The predicted octanol–water partition coefficient (Wildman–Crippen LogP) is 4.05. The highest BCUT2D eigenvalue weighted by atomic mass is 35.5. The highest BCUT2D eigenvalue weighted by Gasteiger charge is 2.44. The maximum absolute atomic E-state index is 14.6. The summed E-state index contributed by atoms with van der Waals surface area (Å²) in [5.74, 6) is 0.164. The maximum Gasteiger partial charge on any atom is 0.222 e. The third-order valence-corrected chi connectivity index (χ3v) is 6.91. The molecule has 144 valence electrons. The molecule has 1 N–H and O–H groups in total. The van der Waals surface area contributed by atoms with E-state index in [-0.39, 0.29) is 35.0 Å². The number of amides is 1. The number of nitrogens with one attached hydrogen (secondary N) is 1. The molecule has 1 aromatic carbocycles. The Labute approximate surface area is 162 Å². The smallest absolute Gasteiger partial charge is 0.222 e. The first-order valence-electron chi connectivity index (χ1n) is 9.86. The summed E-state index contributed by atoms with van der Waals surface area (Å²) in [5, 5.41) is 3.44. The molecule has 1 aromatic rings. The molecule has 2 heterocycles. The fourth-order valence-corrected chi connectivity index (χ4v) is 5.43. The minimum atomic E-state index is -0.188. The van der Waals surface area contributed by atoms with Crippen LogP contribution in [0.3, 0.4) is 0 Å². The molecule has 5 heteroatoms. The molecule has 1 saturated carbocycles. The lowest BCUT2D eigenvalue weighted by Crippen LogP contribution is -2.53. The number of carbonyl (C=O) groups excluding carboxylic acids is 1. The zero-order valence-electron chi connectivity index (χ0n) is 15.4. The molecule has 3 nitrogen and oxygen atoms in total. The van der Waals surface area contributed by atoms with Crippen LogP contribution in [0, 0.1) is 11.2 Å².